The summed E-state index contributed by atoms with van der Waals surface area (Å²) in [6.45, 7) is 2.11. The minimum Gasteiger partial charge on any atom is -0.352 e. The molecule has 31 heavy (non-hydrogen) atoms. The molecule has 3 amide bonds. The fourth-order valence-electron chi connectivity index (χ4n) is 3.90. The van der Waals surface area contributed by atoms with Crippen molar-refractivity contribution in [2.75, 3.05) is 6.54 Å². The fraction of sp³-hybridized carbons (Fsp3) is 0.375. The zero-order valence-corrected chi connectivity index (χ0v) is 17.8. The number of aryl methyl sites for hydroxylation is 1. The molecule has 0 aliphatic heterocycles. The maximum Gasteiger partial charge on any atom is 0.274 e. The Kier molecular flexibility index (Phi) is 7.78. The molecular formula is C24H29N3O4. The number of benzene rings is 2. The predicted molar refractivity (Wildman–Crippen MR) is 117 cm³/mol. The normalized spacial score (nSPS) is 14.0. The number of hydrogen-bond acceptors (Lipinski definition) is 4. The second-order valence-corrected chi connectivity index (χ2v) is 8.07. The molecule has 3 rings (SSSR count). The first-order valence-corrected chi connectivity index (χ1v) is 10.6. The van der Waals surface area contributed by atoms with Crippen molar-refractivity contribution < 1.29 is 19.6 Å². The molecule has 1 saturated carbocycles. The number of amides is 3. The standard InChI is InChI=1S/C24H29N3O4/c1-17-6-5-7-20(14-17)24(30)27(16-22(28)25-21-8-3-2-4-9-21)15-18-10-12-19(13-11-18)23(29)26-31/h5-7,10-14,21,31H,2-4,8-9,15-16H2,1H3,(H,25,28)(H,26,29). The Morgan fingerprint density at radius 1 is 1.00 bits per heavy atom. The summed E-state index contributed by atoms with van der Waals surface area (Å²) in [5.74, 6) is -0.991. The highest BCUT2D eigenvalue weighted by Crippen LogP contribution is 2.18. The van der Waals surface area contributed by atoms with Gasteiger partial charge in [-0.05, 0) is 49.6 Å². The number of carbonyl (C=O) groups is 3. The summed E-state index contributed by atoms with van der Waals surface area (Å²) in [6, 6.07) is 14.0. The number of nitrogens with zero attached hydrogens (tertiary/aromatic N) is 1. The SMILES string of the molecule is Cc1cccc(C(=O)N(CC(=O)NC2CCCCC2)Cc2ccc(C(=O)NO)cc2)c1. The van der Waals surface area contributed by atoms with Crippen LogP contribution in [-0.4, -0.2) is 40.4 Å². The third-order valence-corrected chi connectivity index (χ3v) is 5.55. The monoisotopic (exact) mass is 423 g/mol. The Bertz CT molecular complexity index is 921. The van der Waals surface area contributed by atoms with Crippen LogP contribution in [0.15, 0.2) is 48.5 Å². The second kappa shape index (κ2) is 10.7. The van der Waals surface area contributed by atoms with Crippen molar-refractivity contribution >= 4 is 17.7 Å². The van der Waals surface area contributed by atoms with Crippen LogP contribution in [0.3, 0.4) is 0 Å². The highest BCUT2D eigenvalue weighted by atomic mass is 16.5. The molecule has 1 aliphatic carbocycles. The minimum atomic E-state index is -0.605. The van der Waals surface area contributed by atoms with Gasteiger partial charge < -0.3 is 10.2 Å². The van der Waals surface area contributed by atoms with E-state index >= 15 is 0 Å². The first-order chi connectivity index (χ1) is 15.0. The maximum absolute atomic E-state index is 13.2. The van der Waals surface area contributed by atoms with Gasteiger partial charge in [-0.25, -0.2) is 5.48 Å². The first-order valence-electron chi connectivity index (χ1n) is 10.6. The molecule has 3 N–H and O–H groups in total. The number of rotatable bonds is 7. The second-order valence-electron chi connectivity index (χ2n) is 8.07. The third kappa shape index (κ3) is 6.39. The Labute approximate surface area is 182 Å². The molecule has 1 aliphatic rings. The van der Waals surface area contributed by atoms with E-state index in [1.807, 2.05) is 25.1 Å². The predicted octanol–water partition coefficient (Wildman–Crippen LogP) is 3.21. The molecule has 1 fully saturated rings. The van der Waals surface area contributed by atoms with Gasteiger partial charge in [0.15, 0.2) is 0 Å². The summed E-state index contributed by atoms with van der Waals surface area (Å²) in [4.78, 5) is 39.0. The van der Waals surface area contributed by atoms with Gasteiger partial charge in [0.2, 0.25) is 5.91 Å². The number of hydroxylamine groups is 1. The molecular weight excluding hydrogens is 394 g/mol. The van der Waals surface area contributed by atoms with Gasteiger partial charge in [-0.2, -0.15) is 0 Å². The molecule has 2 aromatic carbocycles. The Balaban J connectivity index is 1.75. The van der Waals surface area contributed by atoms with E-state index in [-0.39, 0.29) is 30.9 Å². The van der Waals surface area contributed by atoms with E-state index in [9.17, 15) is 14.4 Å². The fourth-order valence-corrected chi connectivity index (χ4v) is 3.90. The van der Waals surface area contributed by atoms with E-state index in [0.717, 1.165) is 36.8 Å². The topological polar surface area (TPSA) is 98.7 Å². The first kappa shape index (κ1) is 22.5. The third-order valence-electron chi connectivity index (χ3n) is 5.55. The lowest BCUT2D eigenvalue weighted by molar-refractivity contribution is -0.122. The van der Waals surface area contributed by atoms with Crippen molar-refractivity contribution in [1.82, 2.24) is 15.7 Å². The largest absolute Gasteiger partial charge is 0.352 e. The van der Waals surface area contributed by atoms with Crippen LogP contribution in [0, 0.1) is 6.92 Å². The Morgan fingerprint density at radius 2 is 1.71 bits per heavy atom. The number of carbonyl (C=O) groups excluding carboxylic acids is 3. The molecule has 7 nitrogen and oxygen atoms in total. The van der Waals surface area contributed by atoms with E-state index < -0.39 is 5.91 Å². The maximum atomic E-state index is 13.2. The summed E-state index contributed by atoms with van der Waals surface area (Å²) >= 11 is 0. The van der Waals surface area contributed by atoms with Crippen LogP contribution in [0.2, 0.25) is 0 Å². The van der Waals surface area contributed by atoms with E-state index in [2.05, 4.69) is 5.32 Å². The molecule has 0 radical (unpaired) electrons. The summed E-state index contributed by atoms with van der Waals surface area (Å²) in [5.41, 5.74) is 4.18. The molecule has 0 saturated heterocycles. The van der Waals surface area contributed by atoms with Crippen LogP contribution in [0.5, 0.6) is 0 Å². The minimum absolute atomic E-state index is 0.0395. The van der Waals surface area contributed by atoms with Crippen molar-refractivity contribution in [2.45, 2.75) is 51.6 Å². The van der Waals surface area contributed by atoms with Gasteiger partial charge in [-0.1, -0.05) is 49.1 Å². The highest BCUT2D eigenvalue weighted by molar-refractivity contribution is 5.96. The zero-order valence-electron chi connectivity index (χ0n) is 17.8. The van der Waals surface area contributed by atoms with Gasteiger partial charge in [-0.3, -0.25) is 19.6 Å². The van der Waals surface area contributed by atoms with Crippen LogP contribution in [0.1, 0.15) is 63.9 Å². The van der Waals surface area contributed by atoms with Crippen molar-refractivity contribution in [2.24, 2.45) is 0 Å². The van der Waals surface area contributed by atoms with Gasteiger partial charge in [0, 0.05) is 23.7 Å². The average Bonchev–Trinajstić information content (AvgIpc) is 2.78. The lowest BCUT2D eigenvalue weighted by Gasteiger charge is -2.26. The van der Waals surface area contributed by atoms with E-state index in [0.29, 0.717) is 11.1 Å². The average molecular weight is 424 g/mol. The Morgan fingerprint density at radius 3 is 2.35 bits per heavy atom. The van der Waals surface area contributed by atoms with Crippen LogP contribution in [0.25, 0.3) is 0 Å². The number of hydrogen-bond donors (Lipinski definition) is 3. The summed E-state index contributed by atoms with van der Waals surface area (Å²) < 4.78 is 0. The Hall–Kier alpha value is -3.19. The van der Waals surface area contributed by atoms with Crippen molar-refractivity contribution in [3.05, 3.63) is 70.8 Å². The lowest BCUT2D eigenvalue weighted by atomic mass is 9.95. The van der Waals surface area contributed by atoms with Gasteiger partial charge in [0.25, 0.3) is 11.8 Å². The van der Waals surface area contributed by atoms with Gasteiger partial charge in [-0.15, -0.1) is 0 Å². The molecule has 0 atom stereocenters. The molecule has 7 heteroatoms. The molecule has 0 bridgehead atoms. The van der Waals surface area contributed by atoms with E-state index in [1.54, 1.807) is 35.8 Å². The van der Waals surface area contributed by atoms with Crippen LogP contribution in [0.4, 0.5) is 0 Å². The van der Waals surface area contributed by atoms with Crippen molar-refractivity contribution in [3.63, 3.8) is 0 Å². The number of nitrogens with one attached hydrogen (secondary N) is 2. The molecule has 2 aromatic rings. The van der Waals surface area contributed by atoms with Gasteiger partial charge in [0.05, 0.1) is 0 Å². The molecule has 0 spiro atoms. The molecule has 0 aromatic heterocycles. The molecule has 0 unspecified atom stereocenters. The summed E-state index contributed by atoms with van der Waals surface area (Å²) in [7, 11) is 0. The molecule has 164 valence electrons. The van der Waals surface area contributed by atoms with Crippen LogP contribution in [-0.2, 0) is 11.3 Å². The highest BCUT2D eigenvalue weighted by Gasteiger charge is 2.22. The van der Waals surface area contributed by atoms with Crippen LogP contribution >= 0.6 is 0 Å². The van der Waals surface area contributed by atoms with Gasteiger partial charge >= 0.3 is 0 Å². The van der Waals surface area contributed by atoms with Crippen molar-refractivity contribution in [1.29, 1.82) is 0 Å². The van der Waals surface area contributed by atoms with Gasteiger partial charge in [0.1, 0.15) is 6.54 Å². The zero-order chi connectivity index (χ0) is 22.2. The smallest absolute Gasteiger partial charge is 0.274 e. The van der Waals surface area contributed by atoms with Crippen molar-refractivity contribution in [3.8, 4) is 0 Å². The van der Waals surface area contributed by atoms with E-state index in [4.69, 9.17) is 5.21 Å². The van der Waals surface area contributed by atoms with Crippen LogP contribution < -0.4 is 10.8 Å². The quantitative estimate of drug-likeness (QED) is 0.470. The lowest BCUT2D eigenvalue weighted by Crippen LogP contribution is -2.44. The summed E-state index contributed by atoms with van der Waals surface area (Å²) in [6.07, 6.45) is 5.39. The van der Waals surface area contributed by atoms with E-state index in [1.165, 1.54) is 11.3 Å². The summed E-state index contributed by atoms with van der Waals surface area (Å²) in [5, 5.41) is 11.8. The molecule has 0 heterocycles.